The first-order valence-corrected chi connectivity index (χ1v) is 3.48. The average molecular weight is 124 g/mol. The molecule has 0 saturated carbocycles. The number of epoxide rings is 1. The van der Waals surface area contributed by atoms with Crippen molar-refractivity contribution in [1.29, 1.82) is 0 Å². The van der Waals surface area contributed by atoms with Crippen LogP contribution in [0.5, 0.6) is 0 Å². The van der Waals surface area contributed by atoms with Crippen molar-refractivity contribution in [3.8, 4) is 12.3 Å². The van der Waals surface area contributed by atoms with E-state index in [1.54, 1.807) is 0 Å². The highest BCUT2D eigenvalue weighted by Crippen LogP contribution is 2.16. The summed E-state index contributed by atoms with van der Waals surface area (Å²) in [5.74, 6) is 2.62. The van der Waals surface area contributed by atoms with E-state index in [2.05, 4.69) is 5.92 Å². The molecule has 0 aromatic carbocycles. The van der Waals surface area contributed by atoms with Crippen molar-refractivity contribution in [2.75, 3.05) is 6.61 Å². The fourth-order valence-electron chi connectivity index (χ4n) is 0.834. The fourth-order valence-corrected chi connectivity index (χ4v) is 0.834. The minimum absolute atomic E-state index is 0.586. The SMILES string of the molecule is C#CCCCCC1CO1. The van der Waals surface area contributed by atoms with Crippen molar-refractivity contribution >= 4 is 0 Å². The highest BCUT2D eigenvalue weighted by Gasteiger charge is 2.20. The molecule has 1 aliphatic rings. The molecule has 1 heterocycles. The predicted molar refractivity (Wildman–Crippen MR) is 37.0 cm³/mol. The van der Waals surface area contributed by atoms with Crippen molar-refractivity contribution in [2.45, 2.75) is 31.8 Å². The van der Waals surface area contributed by atoms with Gasteiger partial charge in [0.25, 0.3) is 0 Å². The van der Waals surface area contributed by atoms with Gasteiger partial charge in [0, 0.05) is 6.42 Å². The molecule has 1 saturated heterocycles. The minimum atomic E-state index is 0.586. The summed E-state index contributed by atoms with van der Waals surface area (Å²) in [7, 11) is 0. The minimum Gasteiger partial charge on any atom is -0.373 e. The van der Waals surface area contributed by atoms with E-state index in [0.29, 0.717) is 6.10 Å². The molecule has 9 heavy (non-hydrogen) atoms. The third-order valence-electron chi connectivity index (χ3n) is 1.50. The quantitative estimate of drug-likeness (QED) is 0.315. The highest BCUT2D eigenvalue weighted by molar-refractivity contribution is 4.83. The van der Waals surface area contributed by atoms with Crippen LogP contribution in [0.2, 0.25) is 0 Å². The van der Waals surface area contributed by atoms with Gasteiger partial charge in [0.05, 0.1) is 12.7 Å². The van der Waals surface area contributed by atoms with Gasteiger partial charge < -0.3 is 4.74 Å². The van der Waals surface area contributed by atoms with Crippen LogP contribution < -0.4 is 0 Å². The number of terminal acetylenes is 1. The van der Waals surface area contributed by atoms with Crippen LogP contribution in [0, 0.1) is 12.3 Å². The molecule has 1 unspecified atom stereocenters. The Morgan fingerprint density at radius 2 is 2.33 bits per heavy atom. The van der Waals surface area contributed by atoms with E-state index in [9.17, 15) is 0 Å². The molecule has 0 aliphatic carbocycles. The number of ether oxygens (including phenoxy) is 1. The molecule has 1 aliphatic heterocycles. The number of unbranched alkanes of at least 4 members (excludes halogenated alkanes) is 2. The number of hydrogen-bond acceptors (Lipinski definition) is 1. The predicted octanol–water partition coefficient (Wildman–Crippen LogP) is 1.58. The summed E-state index contributed by atoms with van der Waals surface area (Å²) in [5.41, 5.74) is 0. The molecule has 0 aromatic heterocycles. The summed E-state index contributed by atoms with van der Waals surface area (Å²) in [4.78, 5) is 0. The maximum Gasteiger partial charge on any atom is 0.0810 e. The Morgan fingerprint density at radius 3 is 2.89 bits per heavy atom. The van der Waals surface area contributed by atoms with Crippen LogP contribution in [0.3, 0.4) is 0 Å². The molecule has 0 N–H and O–H groups in total. The lowest BCUT2D eigenvalue weighted by Crippen LogP contribution is -1.83. The Labute approximate surface area is 56.4 Å². The van der Waals surface area contributed by atoms with Crippen molar-refractivity contribution in [3.05, 3.63) is 0 Å². The molecule has 1 rings (SSSR count). The maximum absolute atomic E-state index is 5.08. The van der Waals surface area contributed by atoms with Gasteiger partial charge in [0.1, 0.15) is 0 Å². The Balaban J connectivity index is 1.77. The number of rotatable bonds is 4. The van der Waals surface area contributed by atoms with E-state index in [1.807, 2.05) is 0 Å². The zero-order chi connectivity index (χ0) is 6.53. The van der Waals surface area contributed by atoms with Gasteiger partial charge >= 0.3 is 0 Å². The van der Waals surface area contributed by atoms with E-state index in [-0.39, 0.29) is 0 Å². The van der Waals surface area contributed by atoms with Gasteiger partial charge in [0.2, 0.25) is 0 Å². The second-order valence-electron chi connectivity index (χ2n) is 2.41. The van der Waals surface area contributed by atoms with Crippen molar-refractivity contribution < 1.29 is 4.74 Å². The van der Waals surface area contributed by atoms with Gasteiger partial charge in [-0.05, 0) is 19.3 Å². The van der Waals surface area contributed by atoms with Gasteiger partial charge in [0.15, 0.2) is 0 Å². The molecule has 0 spiro atoms. The third kappa shape index (κ3) is 3.16. The van der Waals surface area contributed by atoms with Crippen LogP contribution in [0.25, 0.3) is 0 Å². The summed E-state index contributed by atoms with van der Waals surface area (Å²) in [6, 6.07) is 0. The van der Waals surface area contributed by atoms with Gasteiger partial charge in [-0.1, -0.05) is 0 Å². The molecule has 0 amide bonds. The summed E-state index contributed by atoms with van der Waals surface area (Å²) in [6.07, 6.45) is 10.2. The van der Waals surface area contributed by atoms with E-state index in [1.165, 1.54) is 12.8 Å². The average Bonchev–Trinajstić information content (AvgIpc) is 2.63. The topological polar surface area (TPSA) is 12.5 Å². The second kappa shape index (κ2) is 3.53. The molecular weight excluding hydrogens is 112 g/mol. The first kappa shape index (κ1) is 6.64. The van der Waals surface area contributed by atoms with Crippen molar-refractivity contribution in [2.24, 2.45) is 0 Å². The van der Waals surface area contributed by atoms with E-state index >= 15 is 0 Å². The van der Waals surface area contributed by atoms with Crippen LogP contribution in [-0.4, -0.2) is 12.7 Å². The van der Waals surface area contributed by atoms with E-state index in [4.69, 9.17) is 11.2 Å². The fraction of sp³-hybridized carbons (Fsp3) is 0.750. The highest BCUT2D eigenvalue weighted by atomic mass is 16.6. The summed E-state index contributed by atoms with van der Waals surface area (Å²) < 4.78 is 5.04. The molecular formula is C8H12O. The largest absolute Gasteiger partial charge is 0.373 e. The van der Waals surface area contributed by atoms with Gasteiger partial charge in [-0.3, -0.25) is 0 Å². The summed E-state index contributed by atoms with van der Waals surface area (Å²) in [6.45, 7) is 0.982. The molecule has 0 aromatic rings. The van der Waals surface area contributed by atoms with Crippen LogP contribution >= 0.6 is 0 Å². The molecule has 1 atom stereocenters. The van der Waals surface area contributed by atoms with Crippen LogP contribution in [0.4, 0.5) is 0 Å². The lowest BCUT2D eigenvalue weighted by atomic mass is 10.2. The first-order chi connectivity index (χ1) is 4.43. The first-order valence-electron chi connectivity index (χ1n) is 3.48. The summed E-state index contributed by atoms with van der Waals surface area (Å²) in [5, 5.41) is 0. The Hall–Kier alpha value is -0.480. The van der Waals surface area contributed by atoms with Crippen LogP contribution in [-0.2, 0) is 4.74 Å². The molecule has 1 fully saturated rings. The van der Waals surface area contributed by atoms with Gasteiger partial charge in [-0.15, -0.1) is 12.3 Å². The van der Waals surface area contributed by atoms with Crippen LogP contribution in [0.15, 0.2) is 0 Å². The molecule has 1 heteroatoms. The van der Waals surface area contributed by atoms with Gasteiger partial charge in [-0.25, -0.2) is 0 Å². The maximum atomic E-state index is 5.08. The van der Waals surface area contributed by atoms with E-state index in [0.717, 1.165) is 19.4 Å². The lowest BCUT2D eigenvalue weighted by Gasteiger charge is -1.90. The molecule has 0 radical (unpaired) electrons. The normalized spacial score (nSPS) is 23.2. The Morgan fingerprint density at radius 1 is 1.56 bits per heavy atom. The van der Waals surface area contributed by atoms with E-state index < -0.39 is 0 Å². The monoisotopic (exact) mass is 124 g/mol. The zero-order valence-corrected chi connectivity index (χ0v) is 5.60. The second-order valence-corrected chi connectivity index (χ2v) is 2.41. The smallest absolute Gasteiger partial charge is 0.0810 e. The van der Waals surface area contributed by atoms with Crippen molar-refractivity contribution in [3.63, 3.8) is 0 Å². The zero-order valence-electron chi connectivity index (χ0n) is 5.60. The molecule has 1 nitrogen and oxygen atoms in total. The number of hydrogen-bond donors (Lipinski definition) is 0. The molecule has 0 bridgehead atoms. The standard InChI is InChI=1S/C8H12O/c1-2-3-4-5-6-8-7-9-8/h1,8H,3-7H2. The Bertz CT molecular complexity index is 108. The lowest BCUT2D eigenvalue weighted by molar-refractivity contribution is 0.390. The van der Waals surface area contributed by atoms with Crippen molar-refractivity contribution in [1.82, 2.24) is 0 Å². The Kier molecular flexibility index (Phi) is 2.60. The third-order valence-corrected chi connectivity index (χ3v) is 1.50. The summed E-state index contributed by atoms with van der Waals surface area (Å²) >= 11 is 0. The van der Waals surface area contributed by atoms with Crippen LogP contribution in [0.1, 0.15) is 25.7 Å². The molecule has 50 valence electrons. The van der Waals surface area contributed by atoms with Gasteiger partial charge in [-0.2, -0.15) is 0 Å².